The maximum atomic E-state index is 10.9. The Hall–Kier alpha value is -2.10. The normalized spacial score (nSPS) is 11.2. The molecule has 0 bridgehead atoms. The van der Waals surface area contributed by atoms with Gasteiger partial charge in [0.2, 0.25) is 0 Å². The molecule has 2 rings (SSSR count). The molecular weight excluding hydrogens is 276 g/mol. The summed E-state index contributed by atoms with van der Waals surface area (Å²) in [6.07, 6.45) is 1.02. The van der Waals surface area contributed by atoms with Crippen LogP contribution in [0.15, 0.2) is 36.4 Å². The number of rotatable bonds is 4. The second kappa shape index (κ2) is 5.49. The Labute approximate surface area is 118 Å². The van der Waals surface area contributed by atoms with Crippen molar-refractivity contribution in [2.75, 3.05) is 6.26 Å². The molecule has 5 nitrogen and oxygen atoms in total. The van der Waals surface area contributed by atoms with Crippen LogP contribution in [-0.4, -0.2) is 19.2 Å². The first-order chi connectivity index (χ1) is 9.40. The molecule has 0 amide bonds. The maximum Gasteiger partial charge on any atom is 0.264 e. The quantitative estimate of drug-likeness (QED) is 0.809. The lowest BCUT2D eigenvalue weighted by molar-refractivity contribution is 0.311. The van der Waals surface area contributed by atoms with Crippen molar-refractivity contribution in [1.29, 1.82) is 5.26 Å². The van der Waals surface area contributed by atoms with Crippen molar-refractivity contribution in [3.8, 4) is 11.8 Å². The van der Waals surface area contributed by atoms with Crippen LogP contribution in [0.1, 0.15) is 17.0 Å². The van der Waals surface area contributed by atoms with Gasteiger partial charge in [-0.15, -0.1) is 0 Å². The molecule has 104 valence electrons. The zero-order valence-electron chi connectivity index (χ0n) is 11.2. The van der Waals surface area contributed by atoms with Gasteiger partial charge in [-0.1, -0.05) is 12.1 Å². The van der Waals surface area contributed by atoms with Crippen molar-refractivity contribution >= 4 is 10.1 Å². The summed E-state index contributed by atoms with van der Waals surface area (Å²) in [6.45, 7) is 1.93. The Morgan fingerprint density at radius 3 is 2.40 bits per heavy atom. The first-order valence-corrected chi connectivity index (χ1v) is 7.74. The number of nitriles is 1. The van der Waals surface area contributed by atoms with Gasteiger partial charge in [-0.05, 0) is 36.8 Å². The summed E-state index contributed by atoms with van der Waals surface area (Å²) >= 11 is 0. The van der Waals surface area contributed by atoms with Crippen LogP contribution in [0.2, 0.25) is 0 Å². The Bertz CT molecular complexity index is 753. The van der Waals surface area contributed by atoms with E-state index in [-0.39, 0.29) is 6.61 Å². The fourth-order valence-corrected chi connectivity index (χ4v) is 2.24. The minimum Gasteiger partial charge on any atom is -0.306 e. The molecule has 0 fully saturated rings. The van der Waals surface area contributed by atoms with Gasteiger partial charge in [-0.3, -0.25) is 4.18 Å². The molecular formula is C14H14N2O3S. The van der Waals surface area contributed by atoms with Crippen LogP contribution in [0.3, 0.4) is 0 Å². The molecule has 6 heteroatoms. The number of benzene rings is 1. The van der Waals surface area contributed by atoms with Crippen LogP contribution >= 0.6 is 0 Å². The van der Waals surface area contributed by atoms with E-state index in [4.69, 9.17) is 9.44 Å². The SMILES string of the molecule is Cc1ccc(C#N)n1-c1ccc(COS(C)(=O)=O)cc1. The lowest BCUT2D eigenvalue weighted by Crippen LogP contribution is -2.03. The molecule has 1 aromatic heterocycles. The highest BCUT2D eigenvalue weighted by atomic mass is 32.2. The number of hydrogen-bond acceptors (Lipinski definition) is 4. The van der Waals surface area contributed by atoms with E-state index in [9.17, 15) is 8.42 Å². The Morgan fingerprint density at radius 2 is 1.85 bits per heavy atom. The van der Waals surface area contributed by atoms with Gasteiger partial charge in [0, 0.05) is 11.4 Å². The predicted molar refractivity (Wildman–Crippen MR) is 74.9 cm³/mol. The number of hydrogen-bond donors (Lipinski definition) is 0. The molecule has 0 saturated heterocycles. The third-order valence-corrected chi connectivity index (χ3v) is 3.37. The largest absolute Gasteiger partial charge is 0.306 e. The fraction of sp³-hybridized carbons (Fsp3) is 0.214. The smallest absolute Gasteiger partial charge is 0.264 e. The van der Waals surface area contributed by atoms with Gasteiger partial charge in [0.05, 0.1) is 12.9 Å². The second-order valence-corrected chi connectivity index (χ2v) is 6.08. The molecule has 0 aliphatic rings. The highest BCUT2D eigenvalue weighted by Crippen LogP contribution is 2.17. The van der Waals surface area contributed by atoms with Gasteiger partial charge in [0.25, 0.3) is 10.1 Å². The molecule has 0 atom stereocenters. The van der Waals surface area contributed by atoms with Crippen molar-refractivity contribution in [2.24, 2.45) is 0 Å². The highest BCUT2D eigenvalue weighted by Gasteiger charge is 2.07. The zero-order chi connectivity index (χ0) is 14.8. The van der Waals surface area contributed by atoms with Crippen molar-refractivity contribution in [1.82, 2.24) is 4.57 Å². The molecule has 0 radical (unpaired) electrons. The van der Waals surface area contributed by atoms with Crippen LogP contribution < -0.4 is 0 Å². The number of aryl methyl sites for hydroxylation is 1. The summed E-state index contributed by atoms with van der Waals surface area (Å²) in [7, 11) is -3.44. The maximum absolute atomic E-state index is 10.9. The molecule has 1 heterocycles. The third kappa shape index (κ3) is 3.26. The van der Waals surface area contributed by atoms with Crippen LogP contribution in [0.4, 0.5) is 0 Å². The monoisotopic (exact) mass is 290 g/mol. The fourth-order valence-electron chi connectivity index (χ4n) is 1.88. The van der Waals surface area contributed by atoms with Crippen LogP contribution in [0, 0.1) is 18.3 Å². The summed E-state index contributed by atoms with van der Waals surface area (Å²) in [5.41, 5.74) is 3.12. The van der Waals surface area contributed by atoms with Gasteiger partial charge in [-0.25, -0.2) is 0 Å². The molecule has 0 N–H and O–H groups in total. The minimum absolute atomic E-state index is 0.00881. The van der Waals surface area contributed by atoms with E-state index in [1.54, 1.807) is 18.2 Å². The zero-order valence-corrected chi connectivity index (χ0v) is 12.0. The topological polar surface area (TPSA) is 72.1 Å². The highest BCUT2D eigenvalue weighted by molar-refractivity contribution is 7.85. The predicted octanol–water partition coefficient (Wildman–Crippen LogP) is 2.13. The molecule has 2 aromatic rings. The summed E-state index contributed by atoms with van der Waals surface area (Å²) in [5.74, 6) is 0. The van der Waals surface area contributed by atoms with E-state index >= 15 is 0 Å². The average Bonchev–Trinajstić information content (AvgIpc) is 2.77. The van der Waals surface area contributed by atoms with E-state index in [0.717, 1.165) is 23.2 Å². The molecule has 0 saturated carbocycles. The Kier molecular flexibility index (Phi) is 3.93. The van der Waals surface area contributed by atoms with Gasteiger partial charge >= 0.3 is 0 Å². The lowest BCUT2D eigenvalue weighted by Gasteiger charge is -2.09. The van der Waals surface area contributed by atoms with Gasteiger partial charge in [0.1, 0.15) is 11.8 Å². The van der Waals surface area contributed by atoms with Crippen LogP contribution in [0.5, 0.6) is 0 Å². The van der Waals surface area contributed by atoms with Gasteiger partial charge in [-0.2, -0.15) is 13.7 Å². The summed E-state index contributed by atoms with van der Waals surface area (Å²) in [5, 5.41) is 9.06. The van der Waals surface area contributed by atoms with Crippen molar-refractivity contribution in [3.05, 3.63) is 53.3 Å². The van der Waals surface area contributed by atoms with Crippen LogP contribution in [-0.2, 0) is 20.9 Å². The number of nitrogens with zero attached hydrogens (tertiary/aromatic N) is 2. The van der Waals surface area contributed by atoms with E-state index < -0.39 is 10.1 Å². The first-order valence-electron chi connectivity index (χ1n) is 5.93. The first kappa shape index (κ1) is 14.3. The Balaban J connectivity index is 2.25. The standard InChI is InChI=1S/C14H14N2O3S/c1-11-3-6-14(9-15)16(11)13-7-4-12(5-8-13)10-19-20(2,17)18/h3-8H,10H2,1-2H3. The van der Waals surface area contributed by atoms with Crippen LogP contribution in [0.25, 0.3) is 5.69 Å². The van der Waals surface area contributed by atoms with Crippen molar-refractivity contribution < 1.29 is 12.6 Å². The van der Waals surface area contributed by atoms with Crippen molar-refractivity contribution in [3.63, 3.8) is 0 Å². The summed E-state index contributed by atoms with van der Waals surface area (Å²) in [6, 6.07) is 13.0. The Morgan fingerprint density at radius 1 is 1.20 bits per heavy atom. The lowest BCUT2D eigenvalue weighted by atomic mass is 10.2. The average molecular weight is 290 g/mol. The molecule has 20 heavy (non-hydrogen) atoms. The molecule has 0 aliphatic carbocycles. The summed E-state index contributed by atoms with van der Waals surface area (Å²) in [4.78, 5) is 0. The molecule has 1 aromatic carbocycles. The van der Waals surface area contributed by atoms with Gasteiger partial charge < -0.3 is 4.57 Å². The van der Waals surface area contributed by atoms with E-state index in [2.05, 4.69) is 6.07 Å². The number of aromatic nitrogens is 1. The van der Waals surface area contributed by atoms with E-state index in [1.807, 2.05) is 29.7 Å². The second-order valence-electron chi connectivity index (χ2n) is 4.44. The molecule has 0 spiro atoms. The summed E-state index contributed by atoms with van der Waals surface area (Å²) < 4.78 is 28.4. The van der Waals surface area contributed by atoms with E-state index in [1.165, 1.54) is 0 Å². The van der Waals surface area contributed by atoms with Gasteiger partial charge in [0.15, 0.2) is 0 Å². The minimum atomic E-state index is -3.44. The molecule has 0 aliphatic heterocycles. The third-order valence-electron chi connectivity index (χ3n) is 2.82. The molecule has 0 unspecified atom stereocenters. The van der Waals surface area contributed by atoms with E-state index in [0.29, 0.717) is 5.69 Å². The van der Waals surface area contributed by atoms with Crippen molar-refractivity contribution in [2.45, 2.75) is 13.5 Å².